The molecule has 1 aromatic rings. The highest BCUT2D eigenvalue weighted by molar-refractivity contribution is 9.10. The zero-order valence-electron chi connectivity index (χ0n) is 12.8. The molecule has 0 aliphatic heterocycles. The van der Waals surface area contributed by atoms with Gasteiger partial charge in [0.25, 0.3) is 0 Å². The number of halogens is 4. The molecule has 5 rings (SSSR count). The Hall–Kier alpha value is -0.710. The van der Waals surface area contributed by atoms with E-state index in [0.717, 1.165) is 21.9 Å². The van der Waals surface area contributed by atoms with Gasteiger partial charge < -0.3 is 4.74 Å². The Bertz CT molecular complexity index is 570. The molecule has 4 aliphatic rings. The molecule has 5 heteroatoms. The number of hydrogen-bond acceptors (Lipinski definition) is 1. The van der Waals surface area contributed by atoms with Crippen LogP contribution < -0.4 is 4.74 Å². The highest BCUT2D eigenvalue weighted by atomic mass is 79.9. The van der Waals surface area contributed by atoms with Gasteiger partial charge in [0.15, 0.2) is 6.61 Å². The number of hydrogen-bond donors (Lipinski definition) is 0. The van der Waals surface area contributed by atoms with Crippen LogP contribution in [-0.2, 0) is 0 Å². The van der Waals surface area contributed by atoms with Gasteiger partial charge in [-0.1, -0.05) is 12.1 Å². The first-order valence-corrected chi connectivity index (χ1v) is 9.18. The third-order valence-electron chi connectivity index (χ3n) is 5.97. The fourth-order valence-electron chi connectivity index (χ4n) is 5.49. The van der Waals surface area contributed by atoms with Crippen LogP contribution in [0, 0.1) is 23.7 Å². The first-order chi connectivity index (χ1) is 10.9. The van der Waals surface area contributed by atoms with Crippen LogP contribution in [0.25, 0.3) is 0 Å². The first-order valence-electron chi connectivity index (χ1n) is 8.38. The van der Waals surface area contributed by atoms with E-state index in [4.69, 9.17) is 4.74 Å². The van der Waals surface area contributed by atoms with Crippen LogP contribution >= 0.6 is 15.9 Å². The Kier molecular flexibility index (Phi) is 3.90. The lowest BCUT2D eigenvalue weighted by molar-refractivity contribution is -0.153. The van der Waals surface area contributed by atoms with Crippen molar-refractivity contribution in [2.75, 3.05) is 6.61 Å². The maximum absolute atomic E-state index is 12.4. The number of ether oxygens (including phenoxy) is 1. The van der Waals surface area contributed by atoms with Gasteiger partial charge in [-0.05, 0) is 89.3 Å². The van der Waals surface area contributed by atoms with Gasteiger partial charge in [-0.25, -0.2) is 0 Å². The smallest absolute Gasteiger partial charge is 0.422 e. The molecule has 4 bridgehead atoms. The quantitative estimate of drug-likeness (QED) is 0.623. The van der Waals surface area contributed by atoms with Crippen LogP contribution in [-0.4, -0.2) is 12.8 Å². The lowest BCUT2D eigenvalue weighted by atomic mass is 9.51. The van der Waals surface area contributed by atoms with Gasteiger partial charge in [-0.3, -0.25) is 0 Å². The Morgan fingerprint density at radius 1 is 1.00 bits per heavy atom. The maximum Gasteiger partial charge on any atom is 0.422 e. The monoisotopic (exact) mass is 388 g/mol. The van der Waals surface area contributed by atoms with Crippen LogP contribution in [0.3, 0.4) is 0 Å². The molecule has 0 aromatic heterocycles. The van der Waals surface area contributed by atoms with Crippen LogP contribution in [0.1, 0.15) is 43.6 Å². The average Bonchev–Trinajstić information content (AvgIpc) is 2.45. The van der Waals surface area contributed by atoms with Crippen molar-refractivity contribution in [3.05, 3.63) is 28.2 Å². The molecule has 0 heterocycles. The predicted molar refractivity (Wildman–Crippen MR) is 85.5 cm³/mol. The molecule has 0 N–H and O–H groups in total. The minimum absolute atomic E-state index is 0.314. The third-order valence-corrected chi connectivity index (χ3v) is 6.82. The largest absolute Gasteiger partial charge is 0.483 e. The fraction of sp³-hybridized carbons (Fsp3) is 0.667. The second-order valence-corrected chi connectivity index (χ2v) is 8.31. The number of rotatable bonds is 3. The molecule has 0 amide bonds. The van der Waals surface area contributed by atoms with Crippen LogP contribution in [0.2, 0.25) is 0 Å². The minimum Gasteiger partial charge on any atom is -0.483 e. The van der Waals surface area contributed by atoms with Crippen molar-refractivity contribution < 1.29 is 17.9 Å². The molecule has 0 saturated heterocycles. The van der Waals surface area contributed by atoms with E-state index in [0.29, 0.717) is 23.5 Å². The van der Waals surface area contributed by atoms with Gasteiger partial charge in [0.05, 0.1) is 4.47 Å². The van der Waals surface area contributed by atoms with Crippen LogP contribution in [0.4, 0.5) is 13.2 Å². The molecule has 0 radical (unpaired) electrons. The van der Waals surface area contributed by atoms with Crippen molar-refractivity contribution in [2.24, 2.45) is 23.7 Å². The maximum atomic E-state index is 12.4. The lowest BCUT2D eigenvalue weighted by Gasteiger charge is -2.54. The van der Waals surface area contributed by atoms with Crippen molar-refractivity contribution in [3.8, 4) is 5.75 Å². The summed E-state index contributed by atoms with van der Waals surface area (Å²) < 4.78 is 43.0. The van der Waals surface area contributed by atoms with Gasteiger partial charge >= 0.3 is 6.18 Å². The van der Waals surface area contributed by atoms with Gasteiger partial charge in [0.2, 0.25) is 0 Å². The molecular weight excluding hydrogens is 369 g/mol. The zero-order chi connectivity index (χ0) is 16.2. The van der Waals surface area contributed by atoms with Crippen molar-refractivity contribution >= 4 is 15.9 Å². The summed E-state index contributed by atoms with van der Waals surface area (Å²) in [4.78, 5) is 0. The molecule has 0 unspecified atom stereocenters. The summed E-state index contributed by atoms with van der Waals surface area (Å²) in [5.74, 6) is 3.95. The normalized spacial score (nSPS) is 35.6. The second-order valence-electron chi connectivity index (χ2n) is 7.52. The highest BCUT2D eigenvalue weighted by Gasteiger charge is 2.49. The molecule has 4 fully saturated rings. The van der Waals surface area contributed by atoms with Crippen LogP contribution in [0.15, 0.2) is 22.7 Å². The predicted octanol–water partition coefficient (Wildman–Crippen LogP) is 5.93. The standard InChI is InChI=1S/C18H20BrF3O/c19-17-14(2-1-3-15(17)23-9-18(20,21)22)16-12-5-10-4-11(7-12)8-13(16)6-10/h1-3,10-13,16H,4-9H2. The molecule has 1 aromatic carbocycles. The van der Waals surface area contributed by atoms with Gasteiger partial charge in [0.1, 0.15) is 5.75 Å². The van der Waals surface area contributed by atoms with E-state index < -0.39 is 12.8 Å². The molecule has 4 aliphatic carbocycles. The summed E-state index contributed by atoms with van der Waals surface area (Å²) in [5.41, 5.74) is 1.15. The van der Waals surface area contributed by atoms with Gasteiger partial charge in [-0.15, -0.1) is 0 Å². The zero-order valence-corrected chi connectivity index (χ0v) is 14.4. The van der Waals surface area contributed by atoms with Gasteiger partial charge in [0, 0.05) is 0 Å². The Balaban J connectivity index is 1.59. The fourth-order valence-corrected chi connectivity index (χ4v) is 6.13. The van der Waals surface area contributed by atoms with E-state index in [9.17, 15) is 13.2 Å². The van der Waals surface area contributed by atoms with Crippen LogP contribution in [0.5, 0.6) is 5.75 Å². The first kappa shape index (κ1) is 15.8. The number of benzene rings is 1. The van der Waals surface area contributed by atoms with Gasteiger partial charge in [-0.2, -0.15) is 13.2 Å². The molecule has 0 atom stereocenters. The molecule has 1 nitrogen and oxygen atoms in total. The summed E-state index contributed by atoms with van der Waals surface area (Å²) in [7, 11) is 0. The lowest BCUT2D eigenvalue weighted by Crippen LogP contribution is -2.43. The van der Waals surface area contributed by atoms with E-state index in [2.05, 4.69) is 22.0 Å². The SMILES string of the molecule is FC(F)(F)COc1cccc(C2C3CC4CC(C3)CC2C4)c1Br. The highest BCUT2D eigenvalue weighted by Crippen LogP contribution is 2.60. The molecular formula is C18H20BrF3O. The van der Waals surface area contributed by atoms with E-state index in [1.54, 1.807) is 6.07 Å². The molecule has 4 saturated carbocycles. The second kappa shape index (κ2) is 5.68. The van der Waals surface area contributed by atoms with Crippen molar-refractivity contribution in [1.82, 2.24) is 0 Å². The van der Waals surface area contributed by atoms with E-state index in [-0.39, 0.29) is 0 Å². The van der Waals surface area contributed by atoms with E-state index in [1.165, 1.54) is 32.1 Å². The molecule has 126 valence electrons. The van der Waals surface area contributed by atoms with Crippen molar-refractivity contribution in [2.45, 2.75) is 44.2 Å². The molecule has 0 spiro atoms. The number of alkyl halides is 3. The molecule has 23 heavy (non-hydrogen) atoms. The summed E-state index contributed by atoms with van der Waals surface area (Å²) in [6.45, 7) is -1.24. The summed E-state index contributed by atoms with van der Waals surface area (Å²) >= 11 is 3.53. The summed E-state index contributed by atoms with van der Waals surface area (Å²) in [5, 5.41) is 0. The summed E-state index contributed by atoms with van der Waals surface area (Å²) in [6.07, 6.45) is 2.25. The Morgan fingerprint density at radius 2 is 1.61 bits per heavy atom. The average molecular weight is 389 g/mol. The Morgan fingerprint density at radius 3 is 2.17 bits per heavy atom. The minimum atomic E-state index is -4.31. The van der Waals surface area contributed by atoms with E-state index in [1.807, 2.05) is 6.07 Å². The van der Waals surface area contributed by atoms with Crippen molar-refractivity contribution in [3.63, 3.8) is 0 Å². The van der Waals surface area contributed by atoms with Crippen molar-refractivity contribution in [1.29, 1.82) is 0 Å². The third kappa shape index (κ3) is 3.01. The topological polar surface area (TPSA) is 9.23 Å². The van der Waals surface area contributed by atoms with E-state index >= 15 is 0 Å². The summed E-state index contributed by atoms with van der Waals surface area (Å²) in [6, 6.07) is 5.52. The Labute approximate surface area is 142 Å².